The zero-order valence-corrected chi connectivity index (χ0v) is 16.5. The van der Waals surface area contributed by atoms with Gasteiger partial charge in [-0.05, 0) is 56.3 Å². The molecular formula is C22H23FN2O4. The van der Waals surface area contributed by atoms with Gasteiger partial charge >= 0.3 is 0 Å². The minimum atomic E-state index is -0.435. The third-order valence-corrected chi connectivity index (χ3v) is 4.95. The minimum Gasteiger partial charge on any atom is -0.484 e. The number of hydrogen-bond donors (Lipinski definition) is 0. The van der Waals surface area contributed by atoms with Gasteiger partial charge in [-0.25, -0.2) is 4.39 Å². The molecule has 0 radical (unpaired) electrons. The lowest BCUT2D eigenvalue weighted by Crippen LogP contribution is -2.50. The number of piperazine rings is 1. The van der Waals surface area contributed by atoms with Gasteiger partial charge in [0.25, 0.3) is 5.91 Å². The Morgan fingerprint density at radius 3 is 2.03 bits per heavy atom. The molecule has 1 fully saturated rings. The molecular weight excluding hydrogens is 375 g/mol. The third kappa shape index (κ3) is 4.99. The summed E-state index contributed by atoms with van der Waals surface area (Å²) in [5.74, 6) is -0.267. The fourth-order valence-corrected chi connectivity index (χ4v) is 3.20. The van der Waals surface area contributed by atoms with Crippen LogP contribution in [0.15, 0.2) is 42.5 Å². The van der Waals surface area contributed by atoms with Gasteiger partial charge < -0.3 is 14.5 Å². The molecule has 6 nitrogen and oxygen atoms in total. The fourth-order valence-electron chi connectivity index (χ4n) is 3.20. The maximum Gasteiger partial charge on any atom is 0.260 e. The zero-order chi connectivity index (χ0) is 21.0. The quantitative estimate of drug-likeness (QED) is 0.700. The third-order valence-electron chi connectivity index (χ3n) is 4.95. The van der Waals surface area contributed by atoms with Crippen molar-refractivity contribution in [2.24, 2.45) is 0 Å². The molecule has 0 aliphatic carbocycles. The van der Waals surface area contributed by atoms with E-state index in [-0.39, 0.29) is 24.1 Å². The molecule has 2 aromatic carbocycles. The number of carbonyl (C=O) groups excluding carboxylic acids is 3. The second kappa shape index (κ2) is 8.86. The van der Waals surface area contributed by atoms with Gasteiger partial charge in [-0.1, -0.05) is 0 Å². The monoisotopic (exact) mass is 398 g/mol. The van der Waals surface area contributed by atoms with E-state index in [1.54, 1.807) is 41.3 Å². The smallest absolute Gasteiger partial charge is 0.260 e. The molecule has 0 bridgehead atoms. The number of benzene rings is 2. The summed E-state index contributed by atoms with van der Waals surface area (Å²) < 4.78 is 19.8. The summed E-state index contributed by atoms with van der Waals surface area (Å²) in [4.78, 5) is 38.6. The van der Waals surface area contributed by atoms with Crippen molar-refractivity contribution in [2.45, 2.75) is 13.8 Å². The number of nitrogens with zero attached hydrogens (tertiary/aromatic N) is 2. The van der Waals surface area contributed by atoms with Crippen LogP contribution in [0.2, 0.25) is 0 Å². The van der Waals surface area contributed by atoms with E-state index in [9.17, 15) is 18.8 Å². The first kappa shape index (κ1) is 20.5. The Balaban J connectivity index is 1.51. The summed E-state index contributed by atoms with van der Waals surface area (Å²) in [6.45, 7) is 4.70. The number of anilines is 1. The zero-order valence-electron chi connectivity index (χ0n) is 16.5. The number of ether oxygens (including phenoxy) is 1. The molecule has 0 unspecified atom stereocenters. The van der Waals surface area contributed by atoms with Crippen LogP contribution in [0.4, 0.5) is 10.1 Å². The Morgan fingerprint density at radius 2 is 1.48 bits per heavy atom. The van der Waals surface area contributed by atoms with Gasteiger partial charge in [-0.2, -0.15) is 0 Å². The second-order valence-electron chi connectivity index (χ2n) is 6.96. The van der Waals surface area contributed by atoms with Crippen LogP contribution >= 0.6 is 0 Å². The van der Waals surface area contributed by atoms with Crippen molar-refractivity contribution in [1.29, 1.82) is 0 Å². The van der Waals surface area contributed by atoms with E-state index in [1.165, 1.54) is 19.9 Å². The van der Waals surface area contributed by atoms with Crippen LogP contribution in [-0.2, 0) is 4.79 Å². The lowest BCUT2D eigenvalue weighted by Gasteiger charge is -2.36. The second-order valence-corrected chi connectivity index (χ2v) is 6.96. The molecule has 1 heterocycles. The molecule has 1 saturated heterocycles. The predicted molar refractivity (Wildman–Crippen MR) is 107 cm³/mol. The minimum absolute atomic E-state index is 0.0298. The molecule has 152 valence electrons. The lowest BCUT2D eigenvalue weighted by molar-refractivity contribution is -0.133. The van der Waals surface area contributed by atoms with E-state index in [1.807, 2.05) is 4.90 Å². The molecule has 2 aromatic rings. The fraction of sp³-hybridized carbons (Fsp3) is 0.318. The van der Waals surface area contributed by atoms with Crippen LogP contribution in [0.25, 0.3) is 0 Å². The SMILES string of the molecule is CC(=O)c1ccc(OCC(=O)N2CCN(c3ccc(C(C)=O)cc3F)CC2)cc1. The van der Waals surface area contributed by atoms with Crippen LogP contribution < -0.4 is 9.64 Å². The van der Waals surface area contributed by atoms with Crippen molar-refractivity contribution in [3.8, 4) is 5.75 Å². The molecule has 1 aliphatic heterocycles. The largest absolute Gasteiger partial charge is 0.484 e. The van der Waals surface area contributed by atoms with Crippen LogP contribution in [0.1, 0.15) is 34.6 Å². The van der Waals surface area contributed by atoms with Crippen molar-refractivity contribution in [2.75, 3.05) is 37.7 Å². The van der Waals surface area contributed by atoms with E-state index < -0.39 is 5.82 Å². The highest BCUT2D eigenvalue weighted by atomic mass is 19.1. The van der Waals surface area contributed by atoms with Crippen molar-refractivity contribution in [1.82, 2.24) is 4.90 Å². The van der Waals surface area contributed by atoms with E-state index in [2.05, 4.69) is 0 Å². The number of ketones is 2. The molecule has 3 rings (SSSR count). The van der Waals surface area contributed by atoms with Gasteiger partial charge in [0.15, 0.2) is 18.2 Å². The van der Waals surface area contributed by atoms with Crippen molar-refractivity contribution in [3.05, 3.63) is 59.4 Å². The molecule has 7 heteroatoms. The van der Waals surface area contributed by atoms with Crippen LogP contribution in [0.5, 0.6) is 5.75 Å². The van der Waals surface area contributed by atoms with Crippen LogP contribution in [-0.4, -0.2) is 55.2 Å². The molecule has 0 aromatic heterocycles. The Labute approximate surface area is 168 Å². The number of rotatable bonds is 6. The molecule has 0 atom stereocenters. The Bertz CT molecular complexity index is 919. The summed E-state index contributed by atoms with van der Waals surface area (Å²) in [5, 5.41) is 0. The lowest BCUT2D eigenvalue weighted by atomic mass is 10.1. The van der Waals surface area contributed by atoms with Gasteiger partial charge in [0.05, 0.1) is 5.69 Å². The summed E-state index contributed by atoms with van der Waals surface area (Å²) in [5.41, 5.74) is 1.36. The first-order valence-corrected chi connectivity index (χ1v) is 9.42. The maximum atomic E-state index is 14.3. The van der Waals surface area contributed by atoms with Gasteiger partial charge in [-0.15, -0.1) is 0 Å². The van der Waals surface area contributed by atoms with E-state index in [4.69, 9.17) is 4.74 Å². The first-order valence-electron chi connectivity index (χ1n) is 9.42. The van der Waals surface area contributed by atoms with Crippen LogP contribution in [0.3, 0.4) is 0 Å². The maximum absolute atomic E-state index is 14.3. The molecule has 1 aliphatic rings. The van der Waals surface area contributed by atoms with Gasteiger partial charge in [0.2, 0.25) is 0 Å². The topological polar surface area (TPSA) is 66.9 Å². The summed E-state index contributed by atoms with van der Waals surface area (Å²) in [7, 11) is 0. The standard InChI is InChI=1S/C22H23FN2O4/c1-15(26)17-3-6-19(7-4-17)29-14-22(28)25-11-9-24(10-12-25)21-8-5-18(16(2)27)13-20(21)23/h3-8,13H,9-12,14H2,1-2H3. The van der Waals surface area contributed by atoms with E-state index in [0.29, 0.717) is 48.7 Å². The van der Waals surface area contributed by atoms with Crippen molar-refractivity contribution >= 4 is 23.2 Å². The van der Waals surface area contributed by atoms with E-state index in [0.717, 1.165) is 0 Å². The van der Waals surface area contributed by atoms with Gasteiger partial charge in [0.1, 0.15) is 11.6 Å². The Kier molecular flexibility index (Phi) is 6.26. The molecule has 0 N–H and O–H groups in total. The molecule has 29 heavy (non-hydrogen) atoms. The number of Topliss-reactive ketones (excluding diaryl/α,β-unsaturated/α-hetero) is 2. The summed E-state index contributed by atoms with van der Waals surface area (Å²) in [6, 6.07) is 11.1. The Morgan fingerprint density at radius 1 is 0.897 bits per heavy atom. The van der Waals surface area contributed by atoms with Gasteiger partial charge in [0, 0.05) is 37.3 Å². The highest BCUT2D eigenvalue weighted by molar-refractivity contribution is 5.94. The molecule has 0 spiro atoms. The average Bonchev–Trinajstić information content (AvgIpc) is 2.72. The molecule has 1 amide bonds. The van der Waals surface area contributed by atoms with Crippen LogP contribution in [0, 0.1) is 5.82 Å². The van der Waals surface area contributed by atoms with Crippen molar-refractivity contribution in [3.63, 3.8) is 0 Å². The summed E-state index contributed by atoms with van der Waals surface area (Å²) in [6.07, 6.45) is 0. The highest BCUT2D eigenvalue weighted by Gasteiger charge is 2.23. The van der Waals surface area contributed by atoms with Crippen molar-refractivity contribution < 1.29 is 23.5 Å². The summed E-state index contributed by atoms with van der Waals surface area (Å²) >= 11 is 0. The first-order chi connectivity index (χ1) is 13.8. The number of halogens is 1. The number of carbonyl (C=O) groups is 3. The number of hydrogen-bond acceptors (Lipinski definition) is 5. The van der Waals surface area contributed by atoms with E-state index >= 15 is 0 Å². The number of amides is 1. The highest BCUT2D eigenvalue weighted by Crippen LogP contribution is 2.22. The average molecular weight is 398 g/mol. The predicted octanol–water partition coefficient (Wildman–Crippen LogP) is 2.96. The normalized spacial score (nSPS) is 13.9. The Hall–Kier alpha value is -3.22. The molecule has 0 saturated carbocycles. The van der Waals surface area contributed by atoms with Gasteiger partial charge in [-0.3, -0.25) is 14.4 Å².